The van der Waals surface area contributed by atoms with Crippen molar-refractivity contribution >= 4 is 28.4 Å². The maximum absolute atomic E-state index is 6.02. The summed E-state index contributed by atoms with van der Waals surface area (Å²) in [6, 6.07) is 17.8. The van der Waals surface area contributed by atoms with Gasteiger partial charge in [0.1, 0.15) is 17.1 Å². The van der Waals surface area contributed by atoms with Gasteiger partial charge in [-0.2, -0.15) is 5.10 Å². The molecular formula is C19H14ClN3O. The Bertz CT molecular complexity index is 1010. The molecule has 118 valence electrons. The highest BCUT2D eigenvalue weighted by Gasteiger charge is 2.25. The molecule has 0 amide bonds. The van der Waals surface area contributed by atoms with Crippen LogP contribution in [-0.2, 0) is 6.42 Å². The van der Waals surface area contributed by atoms with Crippen molar-refractivity contribution in [1.29, 1.82) is 0 Å². The Labute approximate surface area is 143 Å². The highest BCUT2D eigenvalue weighted by atomic mass is 35.5. The lowest BCUT2D eigenvalue weighted by molar-refractivity contribution is 0.626. The van der Waals surface area contributed by atoms with E-state index >= 15 is 0 Å². The van der Waals surface area contributed by atoms with E-state index in [1.165, 1.54) is 5.56 Å². The average molecular weight is 336 g/mol. The van der Waals surface area contributed by atoms with Crippen LogP contribution in [0.25, 0.3) is 28.1 Å². The van der Waals surface area contributed by atoms with E-state index in [-0.39, 0.29) is 0 Å². The molecule has 2 aromatic heterocycles. The molecule has 1 aliphatic heterocycles. The Morgan fingerprint density at radius 3 is 2.75 bits per heavy atom. The van der Waals surface area contributed by atoms with Crippen LogP contribution in [0.1, 0.15) is 5.56 Å². The number of hydrogen-bond acceptors (Lipinski definition) is 3. The summed E-state index contributed by atoms with van der Waals surface area (Å²) in [5.41, 5.74) is 3.96. The second-order valence-corrected chi connectivity index (χ2v) is 6.33. The zero-order valence-corrected chi connectivity index (χ0v) is 13.5. The summed E-state index contributed by atoms with van der Waals surface area (Å²) in [6.45, 7) is 0.911. The predicted octanol–water partition coefficient (Wildman–Crippen LogP) is 4.91. The molecule has 1 aliphatic rings. The zero-order valence-electron chi connectivity index (χ0n) is 12.8. The number of furan rings is 1. The van der Waals surface area contributed by atoms with Gasteiger partial charge in [0.05, 0.1) is 5.69 Å². The van der Waals surface area contributed by atoms with Gasteiger partial charge in [-0.3, -0.25) is 0 Å². The minimum atomic E-state index is 0.716. The maximum atomic E-state index is 6.02. The molecule has 5 rings (SSSR count). The number of benzene rings is 2. The van der Waals surface area contributed by atoms with Crippen LogP contribution >= 0.6 is 11.6 Å². The molecule has 0 saturated heterocycles. The monoisotopic (exact) mass is 335 g/mol. The highest BCUT2D eigenvalue weighted by Crippen LogP contribution is 2.36. The molecule has 0 atom stereocenters. The van der Waals surface area contributed by atoms with Crippen molar-refractivity contribution < 1.29 is 4.42 Å². The first-order chi connectivity index (χ1) is 11.8. The number of nitrogens with zero attached hydrogens (tertiary/aromatic N) is 2. The molecule has 4 nitrogen and oxygen atoms in total. The van der Waals surface area contributed by atoms with Gasteiger partial charge in [0.15, 0.2) is 5.76 Å². The molecule has 0 bridgehead atoms. The topological polar surface area (TPSA) is 43.0 Å². The lowest BCUT2D eigenvalue weighted by Gasteiger charge is -2.06. The normalized spacial score (nSPS) is 13.2. The summed E-state index contributed by atoms with van der Waals surface area (Å²) < 4.78 is 7.95. The molecular weight excluding hydrogens is 322 g/mol. The lowest BCUT2D eigenvalue weighted by Crippen LogP contribution is -2.04. The fourth-order valence-corrected chi connectivity index (χ4v) is 3.37. The SMILES string of the molecule is Clc1ccc(-n2nc(-c3cc4ccccc4o3)c3c2NCC3)cc1. The van der Waals surface area contributed by atoms with Crippen molar-refractivity contribution in [1.82, 2.24) is 9.78 Å². The largest absolute Gasteiger partial charge is 0.454 e. The van der Waals surface area contributed by atoms with Gasteiger partial charge < -0.3 is 9.73 Å². The Hall–Kier alpha value is -2.72. The minimum Gasteiger partial charge on any atom is -0.454 e. The van der Waals surface area contributed by atoms with E-state index in [0.29, 0.717) is 5.02 Å². The van der Waals surface area contributed by atoms with Crippen LogP contribution in [0.3, 0.4) is 0 Å². The summed E-state index contributed by atoms with van der Waals surface area (Å²) in [5.74, 6) is 1.84. The van der Waals surface area contributed by atoms with Crippen molar-refractivity contribution in [2.75, 3.05) is 11.9 Å². The Morgan fingerprint density at radius 2 is 1.92 bits per heavy atom. The van der Waals surface area contributed by atoms with Gasteiger partial charge in [-0.1, -0.05) is 29.8 Å². The van der Waals surface area contributed by atoms with Crippen molar-refractivity contribution in [2.45, 2.75) is 6.42 Å². The molecule has 0 unspecified atom stereocenters. The summed E-state index contributed by atoms with van der Waals surface area (Å²) in [6.07, 6.45) is 0.940. The van der Waals surface area contributed by atoms with E-state index < -0.39 is 0 Å². The molecule has 2 aromatic carbocycles. The van der Waals surface area contributed by atoms with E-state index in [1.807, 2.05) is 47.1 Å². The van der Waals surface area contributed by atoms with Crippen LogP contribution < -0.4 is 5.32 Å². The Kier molecular flexibility index (Phi) is 2.94. The first-order valence-electron chi connectivity index (χ1n) is 7.90. The molecule has 0 aliphatic carbocycles. The lowest BCUT2D eigenvalue weighted by atomic mass is 10.1. The van der Waals surface area contributed by atoms with E-state index in [9.17, 15) is 0 Å². The van der Waals surface area contributed by atoms with Crippen molar-refractivity contribution in [3.05, 3.63) is 65.2 Å². The molecule has 0 saturated carbocycles. The molecule has 5 heteroatoms. The van der Waals surface area contributed by atoms with Crippen molar-refractivity contribution in [3.63, 3.8) is 0 Å². The molecule has 0 spiro atoms. The molecule has 0 fully saturated rings. The van der Waals surface area contributed by atoms with Gasteiger partial charge in [0, 0.05) is 22.5 Å². The fraction of sp³-hybridized carbons (Fsp3) is 0.105. The summed E-state index contributed by atoms with van der Waals surface area (Å²) in [7, 11) is 0. The van der Waals surface area contributed by atoms with Gasteiger partial charge in [-0.05, 0) is 42.8 Å². The number of para-hydroxylation sites is 1. The van der Waals surface area contributed by atoms with Gasteiger partial charge >= 0.3 is 0 Å². The first-order valence-corrected chi connectivity index (χ1v) is 8.28. The zero-order chi connectivity index (χ0) is 16.1. The Balaban J connectivity index is 1.69. The maximum Gasteiger partial charge on any atom is 0.156 e. The van der Waals surface area contributed by atoms with Crippen molar-refractivity contribution in [2.24, 2.45) is 0 Å². The smallest absolute Gasteiger partial charge is 0.156 e. The second-order valence-electron chi connectivity index (χ2n) is 5.89. The standard InChI is InChI=1S/C19H14ClN3O/c20-13-5-7-14(8-6-13)23-19-15(9-10-21-19)18(22-23)17-11-12-3-1-2-4-16(12)24-17/h1-8,11,21H,9-10H2. The quantitative estimate of drug-likeness (QED) is 0.566. The molecule has 4 aromatic rings. The van der Waals surface area contributed by atoms with E-state index in [1.54, 1.807) is 0 Å². The van der Waals surface area contributed by atoms with E-state index in [4.69, 9.17) is 21.1 Å². The third-order valence-corrected chi connectivity index (χ3v) is 4.63. The second kappa shape index (κ2) is 5.14. The molecule has 3 heterocycles. The number of halogens is 1. The third-order valence-electron chi connectivity index (χ3n) is 4.38. The summed E-state index contributed by atoms with van der Waals surface area (Å²) in [4.78, 5) is 0. The first kappa shape index (κ1) is 13.7. The van der Waals surface area contributed by atoms with Crippen molar-refractivity contribution in [3.8, 4) is 17.1 Å². The van der Waals surface area contributed by atoms with Gasteiger partial charge in [-0.25, -0.2) is 4.68 Å². The number of nitrogens with one attached hydrogen (secondary N) is 1. The fourth-order valence-electron chi connectivity index (χ4n) is 3.24. The summed E-state index contributed by atoms with van der Waals surface area (Å²) >= 11 is 6.00. The van der Waals surface area contributed by atoms with Gasteiger partial charge in [0.25, 0.3) is 0 Å². The van der Waals surface area contributed by atoms with Crippen LogP contribution in [0.2, 0.25) is 5.02 Å². The number of aromatic nitrogens is 2. The van der Waals surface area contributed by atoms with Crippen LogP contribution in [0, 0.1) is 0 Å². The number of fused-ring (bicyclic) bond motifs is 2. The van der Waals surface area contributed by atoms with Crippen LogP contribution in [0.5, 0.6) is 0 Å². The summed E-state index contributed by atoms with van der Waals surface area (Å²) in [5, 5.41) is 10.1. The van der Waals surface area contributed by atoms with Crippen LogP contribution in [-0.4, -0.2) is 16.3 Å². The Morgan fingerprint density at radius 1 is 1.08 bits per heavy atom. The van der Waals surface area contributed by atoms with Gasteiger partial charge in [0.2, 0.25) is 0 Å². The molecule has 24 heavy (non-hydrogen) atoms. The van der Waals surface area contributed by atoms with E-state index in [2.05, 4.69) is 17.4 Å². The molecule has 1 N–H and O–H groups in total. The number of hydrogen-bond donors (Lipinski definition) is 1. The molecule has 0 radical (unpaired) electrons. The minimum absolute atomic E-state index is 0.716. The van der Waals surface area contributed by atoms with Crippen LogP contribution in [0.4, 0.5) is 5.82 Å². The third kappa shape index (κ3) is 2.03. The number of rotatable bonds is 2. The number of anilines is 1. The van der Waals surface area contributed by atoms with Crippen LogP contribution in [0.15, 0.2) is 59.0 Å². The highest BCUT2D eigenvalue weighted by molar-refractivity contribution is 6.30. The van der Waals surface area contributed by atoms with Gasteiger partial charge in [-0.15, -0.1) is 0 Å². The predicted molar refractivity (Wildman–Crippen MR) is 96.0 cm³/mol. The average Bonchev–Trinajstić information content (AvgIpc) is 3.29. The van der Waals surface area contributed by atoms with E-state index in [0.717, 1.165) is 46.9 Å².